The average molecular weight is 436 g/mol. The summed E-state index contributed by atoms with van der Waals surface area (Å²) < 4.78 is 10.7. The zero-order valence-electron chi connectivity index (χ0n) is 15.9. The highest BCUT2D eigenvalue weighted by molar-refractivity contribution is 7.80. The van der Waals surface area contributed by atoms with E-state index in [1.54, 1.807) is 48.5 Å². The molecule has 0 bridgehead atoms. The summed E-state index contributed by atoms with van der Waals surface area (Å²) in [6, 6.07) is 13.5. The molecule has 0 saturated carbocycles. The van der Waals surface area contributed by atoms with E-state index in [0.717, 1.165) is 5.56 Å². The molecule has 0 fully saturated rings. The van der Waals surface area contributed by atoms with Crippen molar-refractivity contribution in [3.05, 3.63) is 64.7 Å². The molecule has 0 unspecified atom stereocenters. The van der Waals surface area contributed by atoms with E-state index in [9.17, 15) is 9.59 Å². The average Bonchev–Trinajstić information content (AvgIpc) is 2.72. The van der Waals surface area contributed by atoms with Crippen molar-refractivity contribution in [3.63, 3.8) is 0 Å². The number of ether oxygens (including phenoxy) is 2. The van der Waals surface area contributed by atoms with Gasteiger partial charge in [-0.3, -0.25) is 25.8 Å². The maximum absolute atomic E-state index is 12.2. The minimum absolute atomic E-state index is 0.0171. The molecule has 9 heteroatoms. The number of hydrogen-bond donors (Lipinski definition) is 3. The second-order valence-electron chi connectivity index (χ2n) is 5.83. The standard InChI is InChI=1S/C20H22ClN3O4S/c1-2-27-11-12-28-17-9-5-15(6-10-17)19(26)22-20(29)24-23-18(25)13-14-3-7-16(21)8-4-14/h3-10H,2,11-13H2,1H3,(H,23,25)(H2,22,24,26,29). The van der Waals surface area contributed by atoms with E-state index in [2.05, 4.69) is 16.2 Å². The Kier molecular flexibility index (Phi) is 9.36. The number of carbonyl (C=O) groups excluding carboxylic acids is 2. The molecule has 2 aromatic rings. The molecule has 2 rings (SSSR count). The summed E-state index contributed by atoms with van der Waals surface area (Å²) in [7, 11) is 0. The summed E-state index contributed by atoms with van der Waals surface area (Å²) >= 11 is 10.8. The molecule has 0 aliphatic rings. The van der Waals surface area contributed by atoms with Gasteiger partial charge in [-0.25, -0.2) is 0 Å². The Bertz CT molecular complexity index is 829. The monoisotopic (exact) mass is 435 g/mol. The highest BCUT2D eigenvalue weighted by atomic mass is 35.5. The van der Waals surface area contributed by atoms with Crippen molar-refractivity contribution >= 4 is 40.7 Å². The van der Waals surface area contributed by atoms with Crippen LogP contribution in [0, 0.1) is 0 Å². The highest BCUT2D eigenvalue weighted by Gasteiger charge is 2.09. The molecule has 154 valence electrons. The molecule has 0 aromatic heterocycles. The molecule has 0 heterocycles. The number of hydrogen-bond acceptors (Lipinski definition) is 5. The molecule has 0 saturated heterocycles. The molecule has 0 aliphatic carbocycles. The van der Waals surface area contributed by atoms with E-state index in [1.807, 2.05) is 6.92 Å². The molecular weight excluding hydrogens is 414 g/mol. The quantitative estimate of drug-likeness (QED) is 0.335. The third kappa shape index (κ3) is 8.47. The van der Waals surface area contributed by atoms with Crippen LogP contribution in [0.2, 0.25) is 5.02 Å². The zero-order chi connectivity index (χ0) is 21.1. The lowest BCUT2D eigenvalue weighted by atomic mass is 10.1. The van der Waals surface area contributed by atoms with Gasteiger partial charge >= 0.3 is 0 Å². The number of amides is 2. The van der Waals surface area contributed by atoms with Gasteiger partial charge in [-0.1, -0.05) is 23.7 Å². The van der Waals surface area contributed by atoms with Crippen LogP contribution in [0.5, 0.6) is 5.75 Å². The molecule has 0 atom stereocenters. The van der Waals surface area contributed by atoms with Crippen LogP contribution in [-0.2, 0) is 16.0 Å². The van der Waals surface area contributed by atoms with E-state index in [-0.39, 0.29) is 17.4 Å². The summed E-state index contributed by atoms with van der Waals surface area (Å²) in [5.74, 6) is -0.0794. The maximum atomic E-state index is 12.2. The van der Waals surface area contributed by atoms with E-state index in [0.29, 0.717) is 36.2 Å². The van der Waals surface area contributed by atoms with E-state index in [4.69, 9.17) is 33.3 Å². The lowest BCUT2D eigenvalue weighted by molar-refractivity contribution is -0.121. The fourth-order valence-electron chi connectivity index (χ4n) is 2.23. The molecule has 0 spiro atoms. The van der Waals surface area contributed by atoms with Crippen molar-refractivity contribution in [2.45, 2.75) is 13.3 Å². The van der Waals surface area contributed by atoms with Crippen LogP contribution in [0.15, 0.2) is 48.5 Å². The Balaban J connectivity index is 1.73. The van der Waals surface area contributed by atoms with Gasteiger partial charge in [-0.2, -0.15) is 0 Å². The third-order valence-electron chi connectivity index (χ3n) is 3.64. The van der Waals surface area contributed by atoms with E-state index >= 15 is 0 Å². The highest BCUT2D eigenvalue weighted by Crippen LogP contribution is 2.12. The van der Waals surface area contributed by atoms with Gasteiger partial charge in [0.05, 0.1) is 13.0 Å². The first-order valence-corrected chi connectivity index (χ1v) is 9.71. The number of halogens is 1. The van der Waals surface area contributed by atoms with Gasteiger partial charge in [-0.15, -0.1) is 0 Å². The second kappa shape index (κ2) is 12.0. The topological polar surface area (TPSA) is 88.7 Å². The first-order chi connectivity index (χ1) is 14.0. The van der Waals surface area contributed by atoms with Crippen molar-refractivity contribution in [3.8, 4) is 5.75 Å². The van der Waals surface area contributed by atoms with Gasteiger partial charge in [-0.05, 0) is 61.1 Å². The van der Waals surface area contributed by atoms with E-state index in [1.165, 1.54) is 0 Å². The fourth-order valence-corrected chi connectivity index (χ4v) is 2.50. The van der Waals surface area contributed by atoms with Crippen molar-refractivity contribution in [2.75, 3.05) is 19.8 Å². The predicted molar refractivity (Wildman–Crippen MR) is 115 cm³/mol. The summed E-state index contributed by atoms with van der Waals surface area (Å²) in [6.45, 7) is 3.49. The first-order valence-electron chi connectivity index (χ1n) is 8.93. The smallest absolute Gasteiger partial charge is 0.257 e. The van der Waals surface area contributed by atoms with Gasteiger partial charge in [0.15, 0.2) is 5.11 Å². The summed E-state index contributed by atoms with van der Waals surface area (Å²) in [5, 5.41) is 3.07. The SMILES string of the molecule is CCOCCOc1ccc(C(=O)NC(=S)NNC(=O)Cc2ccc(Cl)cc2)cc1. The molecule has 3 N–H and O–H groups in total. The normalized spacial score (nSPS) is 10.1. The number of thiocarbonyl (C=S) groups is 1. The van der Waals surface area contributed by atoms with E-state index < -0.39 is 5.91 Å². The van der Waals surface area contributed by atoms with Crippen LogP contribution < -0.4 is 20.9 Å². The molecule has 29 heavy (non-hydrogen) atoms. The molecular formula is C20H22ClN3O4S. The van der Waals surface area contributed by atoms with Crippen LogP contribution in [0.3, 0.4) is 0 Å². The molecule has 0 radical (unpaired) electrons. The first kappa shape index (κ1) is 22.6. The number of nitrogens with one attached hydrogen (secondary N) is 3. The van der Waals surface area contributed by atoms with Gasteiger partial charge in [0, 0.05) is 17.2 Å². The summed E-state index contributed by atoms with van der Waals surface area (Å²) in [6.07, 6.45) is 0.144. The largest absolute Gasteiger partial charge is 0.491 e. The van der Waals surface area contributed by atoms with Crippen molar-refractivity contribution < 1.29 is 19.1 Å². The van der Waals surface area contributed by atoms with Crippen LogP contribution in [0.1, 0.15) is 22.8 Å². The van der Waals surface area contributed by atoms with Crippen LogP contribution >= 0.6 is 23.8 Å². The second-order valence-corrected chi connectivity index (χ2v) is 6.67. The molecule has 2 aromatic carbocycles. The third-order valence-corrected chi connectivity index (χ3v) is 4.09. The van der Waals surface area contributed by atoms with Gasteiger partial charge in [0.1, 0.15) is 12.4 Å². The number of benzene rings is 2. The van der Waals surface area contributed by atoms with Crippen LogP contribution in [0.25, 0.3) is 0 Å². The molecule has 7 nitrogen and oxygen atoms in total. The lowest BCUT2D eigenvalue weighted by Gasteiger charge is -2.11. The Morgan fingerprint density at radius 3 is 2.34 bits per heavy atom. The zero-order valence-corrected chi connectivity index (χ0v) is 17.4. The Morgan fingerprint density at radius 1 is 1.00 bits per heavy atom. The number of hydrazine groups is 1. The number of rotatable bonds is 8. The van der Waals surface area contributed by atoms with Gasteiger partial charge in [0.2, 0.25) is 5.91 Å². The van der Waals surface area contributed by atoms with Crippen molar-refractivity contribution in [2.24, 2.45) is 0 Å². The van der Waals surface area contributed by atoms with Gasteiger partial charge in [0.25, 0.3) is 5.91 Å². The minimum atomic E-state index is -0.407. The maximum Gasteiger partial charge on any atom is 0.257 e. The van der Waals surface area contributed by atoms with Crippen LogP contribution in [-0.4, -0.2) is 36.7 Å². The summed E-state index contributed by atoms with van der Waals surface area (Å²) in [5.41, 5.74) is 6.14. The predicted octanol–water partition coefficient (Wildman–Crippen LogP) is 2.63. The lowest BCUT2D eigenvalue weighted by Crippen LogP contribution is -2.48. The van der Waals surface area contributed by atoms with Crippen molar-refractivity contribution in [1.82, 2.24) is 16.2 Å². The molecule has 2 amide bonds. The number of carbonyl (C=O) groups is 2. The Morgan fingerprint density at radius 2 is 1.69 bits per heavy atom. The molecule has 0 aliphatic heterocycles. The minimum Gasteiger partial charge on any atom is -0.491 e. The Labute approximate surface area is 179 Å². The summed E-state index contributed by atoms with van der Waals surface area (Å²) in [4.78, 5) is 24.1. The Hall–Kier alpha value is -2.68. The fraction of sp³-hybridized carbons (Fsp3) is 0.250. The van der Waals surface area contributed by atoms with Crippen LogP contribution in [0.4, 0.5) is 0 Å². The van der Waals surface area contributed by atoms with Crippen molar-refractivity contribution in [1.29, 1.82) is 0 Å². The van der Waals surface area contributed by atoms with Gasteiger partial charge < -0.3 is 9.47 Å².